The smallest absolute Gasteiger partial charge is 0.330 e. The second-order valence-electron chi connectivity index (χ2n) is 15.6. The van der Waals surface area contributed by atoms with Gasteiger partial charge >= 0.3 is 5.97 Å². The first-order valence-corrected chi connectivity index (χ1v) is 20.3. The van der Waals surface area contributed by atoms with Gasteiger partial charge in [-0.15, -0.1) is 0 Å². The van der Waals surface area contributed by atoms with Crippen LogP contribution >= 0.6 is 0 Å². The summed E-state index contributed by atoms with van der Waals surface area (Å²) < 4.78 is 50.8. The minimum Gasteiger partial charge on any atom is -0.508 e. The number of hydrogen-bond acceptors (Lipinski definition) is 23. The lowest BCUT2D eigenvalue weighted by Crippen LogP contribution is -2.64. The maximum atomic E-state index is 14.1. The number of aliphatic hydroxyl groups is 9. The van der Waals surface area contributed by atoms with Crippen LogP contribution in [0.25, 0.3) is 28.4 Å². The van der Waals surface area contributed by atoms with Gasteiger partial charge in [-0.3, -0.25) is 4.79 Å². The minimum absolute atomic E-state index is 0.102. The molecule has 23 nitrogen and oxygen atoms in total. The summed E-state index contributed by atoms with van der Waals surface area (Å²) >= 11 is 0. The van der Waals surface area contributed by atoms with Crippen molar-refractivity contribution >= 4 is 23.0 Å². The lowest BCUT2D eigenvalue weighted by Gasteiger charge is -2.45. The Morgan fingerprint density at radius 3 is 2.06 bits per heavy atom. The van der Waals surface area contributed by atoms with Gasteiger partial charge in [0.15, 0.2) is 29.7 Å². The van der Waals surface area contributed by atoms with Crippen molar-refractivity contribution in [2.45, 2.75) is 99.0 Å². The van der Waals surface area contributed by atoms with Gasteiger partial charge in [-0.2, -0.15) is 0 Å². The maximum Gasteiger partial charge on any atom is 0.330 e. The van der Waals surface area contributed by atoms with Gasteiger partial charge in [0.2, 0.25) is 23.8 Å². The quantitative estimate of drug-likeness (QED) is 0.0512. The van der Waals surface area contributed by atoms with Crippen molar-refractivity contribution < 1.29 is 108 Å². The summed E-state index contributed by atoms with van der Waals surface area (Å²) in [4.78, 5) is 26.7. The number of phenolic OH excluding ortho intramolecular Hbond substituents is 3. The van der Waals surface area contributed by atoms with Crippen LogP contribution in [0.4, 0.5) is 0 Å². The average molecular weight is 933 g/mol. The zero-order valence-electron chi connectivity index (χ0n) is 34.8. The molecular weight excluding hydrogens is 884 g/mol. The molecule has 0 unspecified atom stereocenters. The van der Waals surface area contributed by atoms with E-state index in [4.69, 9.17) is 42.3 Å². The Bertz CT molecular complexity index is 2420. The lowest BCUT2D eigenvalue weighted by molar-refractivity contribution is -0.355. The molecule has 1 aromatic heterocycles. The van der Waals surface area contributed by atoms with Crippen molar-refractivity contribution in [2.24, 2.45) is 0 Å². The summed E-state index contributed by atoms with van der Waals surface area (Å²) in [6.07, 6.45) is -23.9. The van der Waals surface area contributed by atoms with Crippen molar-refractivity contribution in [2.75, 3.05) is 20.3 Å². The van der Waals surface area contributed by atoms with E-state index >= 15 is 0 Å². The van der Waals surface area contributed by atoms with Crippen molar-refractivity contribution in [3.63, 3.8) is 0 Å². The van der Waals surface area contributed by atoms with Crippen molar-refractivity contribution in [1.82, 2.24) is 0 Å². The molecule has 358 valence electrons. The average Bonchev–Trinajstić information content (AvgIpc) is 3.29. The number of aromatic hydroxyl groups is 3. The van der Waals surface area contributed by atoms with E-state index in [0.29, 0.717) is 5.56 Å². The molecule has 23 heteroatoms. The van der Waals surface area contributed by atoms with Crippen LogP contribution in [0.3, 0.4) is 0 Å². The van der Waals surface area contributed by atoms with Crippen LogP contribution < -0.4 is 19.6 Å². The molecule has 0 amide bonds. The minimum atomic E-state index is -2.00. The normalized spacial score (nSPS) is 32.6. The molecule has 3 fully saturated rings. The van der Waals surface area contributed by atoms with E-state index in [0.717, 1.165) is 18.2 Å². The number of carbonyl (C=O) groups is 1. The fourth-order valence-corrected chi connectivity index (χ4v) is 7.39. The van der Waals surface area contributed by atoms with Gasteiger partial charge in [-0.25, -0.2) is 4.79 Å². The highest BCUT2D eigenvalue weighted by Gasteiger charge is 2.51. The number of fused-ring (bicyclic) bond motifs is 1. The number of phenols is 3. The van der Waals surface area contributed by atoms with Crippen LogP contribution in [0.5, 0.6) is 34.5 Å². The Hall–Kier alpha value is -5.64. The molecule has 3 saturated heterocycles. The monoisotopic (exact) mass is 932 g/mol. The molecule has 3 aromatic carbocycles. The molecule has 0 spiro atoms. The summed E-state index contributed by atoms with van der Waals surface area (Å²) in [6.45, 7) is -0.117. The van der Waals surface area contributed by atoms with Gasteiger partial charge in [0.1, 0.15) is 95.9 Å². The molecule has 15 atom stereocenters. The first-order valence-electron chi connectivity index (χ1n) is 20.3. The number of rotatable bonds is 13. The van der Waals surface area contributed by atoms with Gasteiger partial charge in [0.05, 0.1) is 19.8 Å². The van der Waals surface area contributed by atoms with Crippen molar-refractivity contribution in [3.05, 3.63) is 76.5 Å². The number of aliphatic hydroxyl groups excluding tert-OH is 9. The molecule has 0 saturated carbocycles. The number of benzene rings is 3. The fraction of sp³-hybridized carbons (Fsp3) is 0.442. The zero-order chi connectivity index (χ0) is 47.7. The number of methoxy groups -OCH3 is 1. The van der Waals surface area contributed by atoms with Crippen LogP contribution in [0.1, 0.15) is 12.5 Å². The predicted molar refractivity (Wildman–Crippen MR) is 219 cm³/mol. The van der Waals surface area contributed by atoms with E-state index in [1.807, 2.05) is 0 Å². The van der Waals surface area contributed by atoms with Crippen LogP contribution in [0.2, 0.25) is 0 Å². The molecule has 3 aliphatic heterocycles. The number of hydrogen-bond donors (Lipinski definition) is 12. The van der Waals surface area contributed by atoms with Crippen LogP contribution in [-0.2, 0) is 28.5 Å². The first kappa shape index (κ1) is 48.3. The van der Waals surface area contributed by atoms with E-state index in [9.17, 15) is 70.9 Å². The van der Waals surface area contributed by atoms with Gasteiger partial charge in [-0.05, 0) is 55.0 Å². The van der Waals surface area contributed by atoms with Gasteiger partial charge < -0.3 is 104 Å². The molecule has 12 N–H and O–H groups in total. The first-order chi connectivity index (χ1) is 31.4. The zero-order valence-corrected chi connectivity index (χ0v) is 34.8. The molecule has 66 heavy (non-hydrogen) atoms. The number of ether oxygens (including phenoxy) is 8. The summed E-state index contributed by atoms with van der Waals surface area (Å²) in [5.41, 5.74) is -0.856. The van der Waals surface area contributed by atoms with Crippen LogP contribution in [0, 0.1) is 0 Å². The molecule has 3 aliphatic rings. The SMILES string of the molecule is COc1cc(C=CC(=O)OC[C@H]2O[C@@H](O[C@H]3[C@H](Oc4cc(O)c5c(=O)c(O[C@@H]6O[C@H](CO)[C@@H](O)[C@H](O)[C@H]6O)c(-c6ccc(O)cc6)oc5c4)O[C@@H](C)[C@H](O)[C@H]3O)[C@H](O)[C@@H](O)[C@@H]2O)ccc1O. The molecule has 0 aliphatic carbocycles. The largest absolute Gasteiger partial charge is 0.508 e. The van der Waals surface area contributed by atoms with E-state index in [1.165, 1.54) is 62.6 Å². The number of esters is 1. The van der Waals surface area contributed by atoms with Gasteiger partial charge in [-0.1, -0.05) is 6.07 Å². The summed E-state index contributed by atoms with van der Waals surface area (Å²) in [7, 11) is 1.34. The number of carbonyl (C=O) groups excluding carboxylic acids is 1. The molecule has 0 radical (unpaired) electrons. The van der Waals surface area contributed by atoms with Gasteiger partial charge in [0.25, 0.3) is 0 Å². The Morgan fingerprint density at radius 1 is 0.712 bits per heavy atom. The fourth-order valence-electron chi connectivity index (χ4n) is 7.39. The van der Waals surface area contributed by atoms with Crippen LogP contribution in [-0.4, -0.2) is 180 Å². The Labute approximate surface area is 372 Å². The highest BCUT2D eigenvalue weighted by atomic mass is 16.8. The van der Waals surface area contributed by atoms with Crippen LogP contribution in [0.15, 0.2) is 69.9 Å². The Kier molecular flexibility index (Phi) is 14.7. The molecule has 4 aromatic rings. The standard InChI is InChI=1S/C43H48O23/c1-16-29(49)35(55)40(66-42-37(57)34(54)31(51)26(64-42)15-59-27(48)10-4-17-3-9-21(46)23(11-17)58-2)43(60-16)61-20-12-22(47)28-24(13-20)62-38(18-5-7-19(45)8-6-18)39(32(28)52)65-41-36(56)33(53)30(50)25(14-44)63-41/h3-13,16,25-26,29-31,33-37,40-47,49-51,53-57H,14-15H2,1-2H3/t16-,25+,26+,29-,30+,31+,33-,34-,35+,36+,37+,40+,41-,42-,43-/m0/s1. The third-order valence-electron chi connectivity index (χ3n) is 11.1. The van der Waals surface area contributed by atoms with E-state index in [1.54, 1.807) is 0 Å². The van der Waals surface area contributed by atoms with Crippen molar-refractivity contribution in [1.29, 1.82) is 0 Å². The summed E-state index contributed by atoms with van der Waals surface area (Å²) in [5.74, 6) is -3.19. The summed E-state index contributed by atoms with van der Waals surface area (Å²) in [5, 5.41) is 126. The lowest BCUT2D eigenvalue weighted by atomic mass is 9.97. The third kappa shape index (κ3) is 9.89. The Balaban J connectivity index is 1.14. The molecule has 4 heterocycles. The van der Waals surface area contributed by atoms with E-state index in [-0.39, 0.29) is 39.9 Å². The van der Waals surface area contributed by atoms with E-state index in [2.05, 4.69) is 0 Å². The maximum absolute atomic E-state index is 14.1. The predicted octanol–water partition coefficient (Wildman–Crippen LogP) is -1.94. The molecule has 7 rings (SSSR count). The highest BCUT2D eigenvalue weighted by molar-refractivity contribution is 5.88. The topological polar surface area (TPSA) is 364 Å². The second-order valence-corrected chi connectivity index (χ2v) is 15.6. The molecule has 0 bridgehead atoms. The molecular formula is C43H48O23. The van der Waals surface area contributed by atoms with Gasteiger partial charge in [0, 0.05) is 23.8 Å². The second kappa shape index (κ2) is 20.1. The van der Waals surface area contributed by atoms with Crippen molar-refractivity contribution in [3.8, 4) is 45.8 Å². The third-order valence-corrected chi connectivity index (χ3v) is 11.1. The Morgan fingerprint density at radius 2 is 1.38 bits per heavy atom. The highest BCUT2D eigenvalue weighted by Crippen LogP contribution is 2.39. The van der Waals surface area contributed by atoms with E-state index < -0.39 is 134 Å². The summed E-state index contributed by atoms with van der Waals surface area (Å²) in [6, 6.07) is 11.5.